The molecule has 0 aliphatic heterocycles. The summed E-state index contributed by atoms with van der Waals surface area (Å²) in [5.41, 5.74) is 2.17. The van der Waals surface area contributed by atoms with Crippen molar-refractivity contribution in [3.63, 3.8) is 0 Å². The minimum Gasteiger partial charge on any atom is -0.494 e. The minimum atomic E-state index is -0.616. The van der Waals surface area contributed by atoms with Gasteiger partial charge < -0.3 is 14.2 Å². The van der Waals surface area contributed by atoms with Gasteiger partial charge in [-0.05, 0) is 66.4 Å². The van der Waals surface area contributed by atoms with E-state index < -0.39 is 11.8 Å². The number of rotatable bonds is 14. The zero-order valence-corrected chi connectivity index (χ0v) is 20.7. The molecule has 0 saturated heterocycles. The van der Waals surface area contributed by atoms with Crippen LogP contribution in [0, 0.1) is 5.82 Å². The van der Waals surface area contributed by atoms with Gasteiger partial charge in [-0.2, -0.15) is 0 Å². The van der Waals surface area contributed by atoms with E-state index in [0.29, 0.717) is 12.4 Å². The minimum absolute atomic E-state index is 0.137. The van der Waals surface area contributed by atoms with Crippen molar-refractivity contribution in [1.82, 2.24) is 0 Å². The smallest absolute Gasteiger partial charge is 0.343 e. The van der Waals surface area contributed by atoms with Gasteiger partial charge in [-0.1, -0.05) is 70.2 Å². The summed E-state index contributed by atoms with van der Waals surface area (Å²) in [6, 6.07) is 19.3. The summed E-state index contributed by atoms with van der Waals surface area (Å²) in [5, 5.41) is 0. The van der Waals surface area contributed by atoms with Crippen molar-refractivity contribution in [2.75, 3.05) is 13.2 Å². The molecular formula is C30H35FO4. The molecule has 0 fully saturated rings. The maximum absolute atomic E-state index is 14.3. The lowest BCUT2D eigenvalue weighted by atomic mass is 10.1. The van der Waals surface area contributed by atoms with Crippen molar-refractivity contribution in [1.29, 1.82) is 0 Å². The van der Waals surface area contributed by atoms with Gasteiger partial charge in [0.25, 0.3) is 0 Å². The summed E-state index contributed by atoms with van der Waals surface area (Å²) < 4.78 is 31.0. The summed E-state index contributed by atoms with van der Waals surface area (Å²) in [4.78, 5) is 12.5. The third kappa shape index (κ3) is 8.43. The highest BCUT2D eigenvalue weighted by atomic mass is 19.1. The quantitative estimate of drug-likeness (QED) is 0.133. The van der Waals surface area contributed by atoms with Gasteiger partial charge in [0.05, 0.1) is 18.8 Å². The van der Waals surface area contributed by atoms with E-state index in [1.54, 1.807) is 12.1 Å². The summed E-state index contributed by atoms with van der Waals surface area (Å²) in [6.45, 7) is 5.48. The highest BCUT2D eigenvalue weighted by Crippen LogP contribution is 2.26. The molecule has 0 aromatic heterocycles. The van der Waals surface area contributed by atoms with Gasteiger partial charge in [0, 0.05) is 0 Å². The average molecular weight is 479 g/mol. The topological polar surface area (TPSA) is 44.8 Å². The maximum Gasteiger partial charge on any atom is 0.343 e. The summed E-state index contributed by atoms with van der Waals surface area (Å²) in [6.07, 6.45) is 7.69. The molecule has 0 N–H and O–H groups in total. The van der Waals surface area contributed by atoms with Gasteiger partial charge in [0.1, 0.15) is 11.5 Å². The van der Waals surface area contributed by atoms with E-state index in [9.17, 15) is 9.18 Å². The van der Waals surface area contributed by atoms with Gasteiger partial charge in [-0.25, -0.2) is 9.18 Å². The number of hydrogen-bond acceptors (Lipinski definition) is 4. The third-order valence-electron chi connectivity index (χ3n) is 5.69. The standard InChI is InChI=1S/C30H35FO4/c1-3-5-7-9-20-33-26-15-10-23(11-16-26)24-12-17-27(18-13-24)35-30(32)25-14-19-29(28(31)22-25)34-21-8-6-4-2/h10-19,22H,3-9,20-21H2,1-2H3. The monoisotopic (exact) mass is 478 g/mol. The number of benzene rings is 3. The van der Waals surface area contributed by atoms with Gasteiger partial charge in [-0.15, -0.1) is 0 Å². The Labute approximate surface area is 208 Å². The zero-order valence-electron chi connectivity index (χ0n) is 20.7. The largest absolute Gasteiger partial charge is 0.494 e. The first-order valence-electron chi connectivity index (χ1n) is 12.6. The predicted molar refractivity (Wildman–Crippen MR) is 138 cm³/mol. The molecule has 0 heterocycles. The van der Waals surface area contributed by atoms with E-state index in [4.69, 9.17) is 14.2 Å². The first kappa shape index (κ1) is 26.3. The maximum atomic E-state index is 14.3. The highest BCUT2D eigenvalue weighted by molar-refractivity contribution is 5.91. The normalized spacial score (nSPS) is 10.7. The van der Waals surface area contributed by atoms with E-state index >= 15 is 0 Å². The van der Waals surface area contributed by atoms with Crippen molar-refractivity contribution < 1.29 is 23.4 Å². The zero-order chi connectivity index (χ0) is 24.9. The Morgan fingerprint density at radius 1 is 0.686 bits per heavy atom. The number of ether oxygens (including phenoxy) is 3. The fraction of sp³-hybridized carbons (Fsp3) is 0.367. The van der Waals surface area contributed by atoms with Crippen molar-refractivity contribution in [2.24, 2.45) is 0 Å². The van der Waals surface area contributed by atoms with Crippen LogP contribution in [0.25, 0.3) is 11.1 Å². The Hall–Kier alpha value is -3.34. The lowest BCUT2D eigenvalue weighted by Crippen LogP contribution is -2.09. The van der Waals surface area contributed by atoms with Crippen LogP contribution in [0.4, 0.5) is 4.39 Å². The molecule has 0 atom stereocenters. The molecule has 5 heteroatoms. The molecule has 0 aliphatic carbocycles. The molecule has 0 aliphatic rings. The summed E-state index contributed by atoms with van der Waals surface area (Å²) in [5.74, 6) is 0.218. The Bertz CT molecular complexity index is 1040. The van der Waals surface area contributed by atoms with Crippen molar-refractivity contribution in [3.8, 4) is 28.4 Å². The number of carbonyl (C=O) groups excluding carboxylic acids is 1. The van der Waals surface area contributed by atoms with Crippen LogP contribution in [0.1, 0.15) is 69.2 Å². The van der Waals surface area contributed by atoms with Crippen LogP contribution in [-0.4, -0.2) is 19.2 Å². The molecule has 35 heavy (non-hydrogen) atoms. The fourth-order valence-electron chi connectivity index (χ4n) is 3.62. The van der Waals surface area contributed by atoms with Crippen LogP contribution in [0.3, 0.4) is 0 Å². The van der Waals surface area contributed by atoms with Crippen LogP contribution in [-0.2, 0) is 0 Å². The van der Waals surface area contributed by atoms with Crippen LogP contribution < -0.4 is 14.2 Å². The third-order valence-corrected chi connectivity index (χ3v) is 5.69. The Morgan fingerprint density at radius 2 is 1.26 bits per heavy atom. The molecule has 3 aromatic carbocycles. The van der Waals surface area contributed by atoms with Crippen LogP contribution >= 0.6 is 0 Å². The van der Waals surface area contributed by atoms with Gasteiger partial charge in [0.2, 0.25) is 0 Å². The lowest BCUT2D eigenvalue weighted by Gasteiger charge is -2.10. The van der Waals surface area contributed by atoms with Crippen LogP contribution in [0.15, 0.2) is 66.7 Å². The predicted octanol–water partition coefficient (Wildman–Crippen LogP) is 8.24. The summed E-state index contributed by atoms with van der Waals surface area (Å²) in [7, 11) is 0. The van der Waals surface area contributed by atoms with E-state index in [1.807, 2.05) is 36.4 Å². The highest BCUT2D eigenvalue weighted by Gasteiger charge is 2.13. The molecule has 0 saturated carbocycles. The Balaban J connectivity index is 1.52. The van der Waals surface area contributed by atoms with Gasteiger partial charge in [0.15, 0.2) is 11.6 Å². The van der Waals surface area contributed by atoms with E-state index in [0.717, 1.165) is 55.2 Å². The Morgan fingerprint density at radius 3 is 1.89 bits per heavy atom. The number of halogens is 1. The van der Waals surface area contributed by atoms with Crippen molar-refractivity contribution in [2.45, 2.75) is 58.8 Å². The molecule has 4 nitrogen and oxygen atoms in total. The average Bonchev–Trinajstić information content (AvgIpc) is 2.88. The van der Waals surface area contributed by atoms with Crippen molar-refractivity contribution >= 4 is 5.97 Å². The molecule has 0 bridgehead atoms. The number of unbranched alkanes of at least 4 members (excludes halogenated alkanes) is 5. The molecule has 0 unspecified atom stereocenters. The van der Waals surface area contributed by atoms with Crippen LogP contribution in [0.2, 0.25) is 0 Å². The molecule has 0 radical (unpaired) electrons. The van der Waals surface area contributed by atoms with Gasteiger partial charge >= 0.3 is 5.97 Å². The molecule has 3 aromatic rings. The number of esters is 1. The second-order valence-electron chi connectivity index (χ2n) is 8.55. The van der Waals surface area contributed by atoms with Crippen LogP contribution in [0.5, 0.6) is 17.2 Å². The molecule has 3 rings (SSSR count). The van der Waals surface area contributed by atoms with Crippen molar-refractivity contribution in [3.05, 3.63) is 78.1 Å². The fourth-order valence-corrected chi connectivity index (χ4v) is 3.62. The molecule has 0 amide bonds. The Kier molecular flexibility index (Phi) is 10.6. The second-order valence-corrected chi connectivity index (χ2v) is 8.55. The molecular weight excluding hydrogens is 443 g/mol. The number of hydrogen-bond donors (Lipinski definition) is 0. The summed E-state index contributed by atoms with van der Waals surface area (Å²) >= 11 is 0. The SMILES string of the molecule is CCCCCCOc1ccc(-c2ccc(OC(=O)c3ccc(OCCCCC)c(F)c3)cc2)cc1. The second kappa shape index (κ2) is 14.1. The lowest BCUT2D eigenvalue weighted by molar-refractivity contribution is 0.0734. The number of carbonyl (C=O) groups is 1. The van der Waals surface area contributed by atoms with E-state index in [2.05, 4.69) is 13.8 Å². The van der Waals surface area contributed by atoms with E-state index in [-0.39, 0.29) is 11.3 Å². The first-order chi connectivity index (χ1) is 17.1. The van der Waals surface area contributed by atoms with Gasteiger partial charge in [-0.3, -0.25) is 0 Å². The first-order valence-corrected chi connectivity index (χ1v) is 12.6. The van der Waals surface area contributed by atoms with E-state index in [1.165, 1.54) is 31.4 Å². The molecule has 0 spiro atoms. The molecule has 186 valence electrons.